The molecule has 0 aromatic carbocycles. The van der Waals surface area contributed by atoms with Gasteiger partial charge >= 0.3 is 47.8 Å². The first-order valence-electron chi connectivity index (χ1n) is 15.0. The number of esters is 8. The molecule has 5 saturated carbocycles. The van der Waals surface area contributed by atoms with Crippen LogP contribution in [0.3, 0.4) is 0 Å². The molecule has 0 aliphatic heterocycles. The Hall–Kier alpha value is -4.76. The van der Waals surface area contributed by atoms with Gasteiger partial charge in [-0.25, -0.2) is 14.4 Å². The average Bonchev–Trinajstić information content (AvgIpc) is 3.08. The van der Waals surface area contributed by atoms with Crippen LogP contribution in [0.15, 0.2) is 22.8 Å². The zero-order valence-corrected chi connectivity index (χ0v) is 27.2. The predicted molar refractivity (Wildman–Crippen MR) is 148 cm³/mol. The van der Waals surface area contributed by atoms with Crippen molar-refractivity contribution in [3.8, 4) is 0 Å². The van der Waals surface area contributed by atoms with Crippen LogP contribution in [0.2, 0.25) is 0 Å². The minimum Gasteiger partial charge on any atom is -0.469 e. The first-order chi connectivity index (χ1) is 22.8. The summed E-state index contributed by atoms with van der Waals surface area (Å²) in [6.45, 7) is 0. The lowest BCUT2D eigenvalue weighted by Crippen LogP contribution is -3.08. The molecule has 0 N–H and O–H groups in total. The van der Waals surface area contributed by atoms with Crippen LogP contribution in [-0.2, 0) is 76.3 Å². The molecular formula is C32H32O16. The monoisotopic (exact) mass is 672 g/mol. The number of methoxy groups -OCH3 is 8. The summed E-state index contributed by atoms with van der Waals surface area (Å²) in [6, 6.07) is 0. The summed E-state index contributed by atoms with van der Waals surface area (Å²) >= 11 is 0. The van der Waals surface area contributed by atoms with E-state index in [-0.39, 0.29) is 16.7 Å². The number of hydrogen-bond donors (Lipinski definition) is 0. The van der Waals surface area contributed by atoms with Crippen molar-refractivity contribution >= 4 is 47.8 Å². The van der Waals surface area contributed by atoms with E-state index in [4.69, 9.17) is 37.9 Å². The fraction of sp³-hybridized carbons (Fsp3) is 0.625. The zero-order chi connectivity index (χ0) is 35.3. The Morgan fingerprint density at radius 1 is 0.458 bits per heavy atom. The Labute approximate surface area is 272 Å². The van der Waals surface area contributed by atoms with Crippen molar-refractivity contribution in [2.24, 2.45) is 68.5 Å². The average molecular weight is 673 g/mol. The topological polar surface area (TPSA) is 210 Å². The SMILES string of the molecule is COC(=O)C1=C[C@H]2[C@@H]3[C@H]([C@@]12C(=O)OC)[C@@]1(C(=O)OC)[C@H]2[C@@H]([C@@]31C(=O)OC)[C@]1(C(=O)OC)[C@H]3C(C(=O)OC)=C(C(=O)OC)[C@H]3[C@]21C(=O)OC. The Kier molecular flexibility index (Phi) is 6.12. The first-order valence-corrected chi connectivity index (χ1v) is 15.0. The molecule has 7 aliphatic rings. The molecular weight excluding hydrogens is 640 g/mol. The number of fused-ring (bicyclic) bond motifs is 16. The standard InChI is InChI=1S/C32H32O16/c1-41-20(33)11-9-10-14-17(28(10,11)23(36)44-4)32(27(40)48-8)19-18(29(14,32)24(37)45-5)30(25(38)46-6)15-12(21(34)42-2)13(22(35)43-3)16(15)31(19,30)26(39)47-7/h9-10,14-19H,1-8H3/t10-,14+,15-,16+,17+,18-,19-,28-,29+,30-,31+,32-/m0/s1. The van der Waals surface area contributed by atoms with Crippen LogP contribution in [0, 0.1) is 68.5 Å². The molecule has 256 valence electrons. The summed E-state index contributed by atoms with van der Waals surface area (Å²) in [5.74, 6) is -15.7. The van der Waals surface area contributed by atoms with E-state index in [1.807, 2.05) is 0 Å². The van der Waals surface area contributed by atoms with Gasteiger partial charge in [-0.2, -0.15) is 0 Å². The highest BCUT2D eigenvalue weighted by Gasteiger charge is 3.15. The highest BCUT2D eigenvalue weighted by atomic mass is 16.6. The Morgan fingerprint density at radius 3 is 1.23 bits per heavy atom. The van der Waals surface area contributed by atoms with E-state index in [9.17, 15) is 38.4 Å². The normalized spacial score (nSPS) is 43.5. The number of ether oxygens (including phenoxy) is 8. The third-order valence-electron chi connectivity index (χ3n) is 13.3. The maximum absolute atomic E-state index is 14.5. The van der Waals surface area contributed by atoms with Crippen molar-refractivity contribution in [2.75, 3.05) is 56.9 Å². The number of allylic oxidation sites excluding steroid dienone is 1. The van der Waals surface area contributed by atoms with E-state index in [1.165, 1.54) is 6.08 Å². The summed E-state index contributed by atoms with van der Waals surface area (Å²) in [7, 11) is 8.58. The zero-order valence-electron chi connectivity index (χ0n) is 27.2. The molecule has 0 unspecified atom stereocenters. The van der Waals surface area contributed by atoms with Gasteiger partial charge in [-0.3, -0.25) is 24.0 Å². The van der Waals surface area contributed by atoms with Crippen molar-refractivity contribution in [1.29, 1.82) is 0 Å². The second kappa shape index (κ2) is 9.23. The lowest BCUT2D eigenvalue weighted by molar-refractivity contribution is -0.533. The van der Waals surface area contributed by atoms with Gasteiger partial charge in [0, 0.05) is 23.7 Å². The minimum absolute atomic E-state index is 0.0998. The third-order valence-corrected chi connectivity index (χ3v) is 13.3. The first kappa shape index (κ1) is 31.8. The smallest absolute Gasteiger partial charge is 0.334 e. The summed E-state index contributed by atoms with van der Waals surface area (Å²) in [5, 5.41) is 0. The van der Waals surface area contributed by atoms with E-state index >= 15 is 0 Å². The molecule has 0 radical (unpaired) electrons. The summed E-state index contributed by atoms with van der Waals surface area (Å²) < 4.78 is 41.4. The van der Waals surface area contributed by atoms with Crippen LogP contribution in [0.4, 0.5) is 0 Å². The van der Waals surface area contributed by atoms with Crippen molar-refractivity contribution in [3.05, 3.63) is 22.8 Å². The lowest BCUT2D eigenvalue weighted by atomic mass is 8.97. The fourth-order valence-electron chi connectivity index (χ4n) is 12.6. The number of hydrogen-bond acceptors (Lipinski definition) is 16. The molecule has 7 rings (SSSR count). The summed E-state index contributed by atoms with van der Waals surface area (Å²) in [5.41, 5.74) is -10.6. The van der Waals surface area contributed by atoms with Gasteiger partial charge in [0.25, 0.3) is 0 Å². The number of carbonyl (C=O) groups excluding carboxylic acids is 8. The summed E-state index contributed by atoms with van der Waals surface area (Å²) in [6.07, 6.45) is 1.46. The maximum Gasteiger partial charge on any atom is 0.334 e. The molecule has 16 heteroatoms. The molecule has 5 fully saturated rings. The van der Waals surface area contributed by atoms with Crippen LogP contribution < -0.4 is 0 Å². The van der Waals surface area contributed by atoms with Gasteiger partial charge in [-0.05, 0) is 17.8 Å². The molecule has 0 bridgehead atoms. The molecule has 0 saturated heterocycles. The molecule has 16 nitrogen and oxygen atoms in total. The van der Waals surface area contributed by atoms with Crippen molar-refractivity contribution in [2.45, 2.75) is 0 Å². The van der Waals surface area contributed by atoms with Crippen LogP contribution in [0.1, 0.15) is 0 Å². The highest BCUT2D eigenvalue weighted by molar-refractivity contribution is 6.14. The Balaban J connectivity index is 1.57. The fourth-order valence-corrected chi connectivity index (χ4v) is 12.6. The summed E-state index contributed by atoms with van der Waals surface area (Å²) in [4.78, 5) is 111. The molecule has 0 amide bonds. The van der Waals surface area contributed by atoms with Gasteiger partial charge in [0.05, 0.1) is 95.3 Å². The van der Waals surface area contributed by atoms with Gasteiger partial charge in [-0.15, -0.1) is 0 Å². The van der Waals surface area contributed by atoms with E-state index < -0.39 is 116 Å². The van der Waals surface area contributed by atoms with Crippen molar-refractivity contribution in [1.82, 2.24) is 0 Å². The van der Waals surface area contributed by atoms with E-state index in [1.54, 1.807) is 0 Å². The van der Waals surface area contributed by atoms with Crippen LogP contribution >= 0.6 is 0 Å². The second-order valence-electron chi connectivity index (χ2n) is 13.1. The molecule has 12 atom stereocenters. The second-order valence-corrected chi connectivity index (χ2v) is 13.1. The van der Waals surface area contributed by atoms with Gasteiger partial charge in [-0.1, -0.05) is 6.08 Å². The van der Waals surface area contributed by atoms with Gasteiger partial charge < -0.3 is 37.9 Å². The molecule has 7 aliphatic carbocycles. The van der Waals surface area contributed by atoms with Gasteiger partial charge in [0.2, 0.25) is 0 Å². The lowest BCUT2D eigenvalue weighted by Gasteiger charge is -3.00. The highest BCUT2D eigenvalue weighted by Crippen LogP contribution is 3.07. The third kappa shape index (κ3) is 2.33. The number of rotatable bonds is 8. The predicted octanol–water partition coefficient (Wildman–Crippen LogP) is -1.07. The quantitative estimate of drug-likeness (QED) is 0.171. The Bertz CT molecular complexity index is 1760. The van der Waals surface area contributed by atoms with Crippen LogP contribution in [0.5, 0.6) is 0 Å². The molecule has 48 heavy (non-hydrogen) atoms. The molecule has 0 spiro atoms. The van der Waals surface area contributed by atoms with E-state index in [2.05, 4.69) is 0 Å². The minimum atomic E-state index is -2.11. The van der Waals surface area contributed by atoms with Crippen LogP contribution in [-0.4, -0.2) is 105 Å². The van der Waals surface area contributed by atoms with E-state index in [0.717, 1.165) is 56.9 Å². The van der Waals surface area contributed by atoms with Gasteiger partial charge in [0.15, 0.2) is 0 Å². The van der Waals surface area contributed by atoms with Crippen LogP contribution in [0.25, 0.3) is 0 Å². The van der Waals surface area contributed by atoms with Crippen molar-refractivity contribution in [3.63, 3.8) is 0 Å². The molecule has 0 aromatic heterocycles. The van der Waals surface area contributed by atoms with Gasteiger partial charge in [0.1, 0.15) is 5.41 Å². The Morgan fingerprint density at radius 2 is 0.833 bits per heavy atom. The molecule has 0 heterocycles. The largest absolute Gasteiger partial charge is 0.469 e. The maximum atomic E-state index is 14.5. The van der Waals surface area contributed by atoms with Crippen molar-refractivity contribution < 1.29 is 76.3 Å². The number of carbonyl (C=O) groups is 8. The van der Waals surface area contributed by atoms with E-state index in [0.29, 0.717) is 0 Å². The molecule has 0 aromatic rings.